The van der Waals surface area contributed by atoms with Crippen molar-refractivity contribution in [3.8, 4) is 0 Å². The van der Waals surface area contributed by atoms with Gasteiger partial charge in [0, 0.05) is 24.3 Å². The number of hydrogen-bond acceptors (Lipinski definition) is 3. The van der Waals surface area contributed by atoms with E-state index in [1.165, 1.54) is 0 Å². The van der Waals surface area contributed by atoms with Gasteiger partial charge >= 0.3 is 5.97 Å². The van der Waals surface area contributed by atoms with E-state index in [-0.39, 0.29) is 5.91 Å². The first-order valence-electron chi connectivity index (χ1n) is 7.75. The van der Waals surface area contributed by atoms with Gasteiger partial charge < -0.3 is 15.2 Å². The number of halogens is 1. The van der Waals surface area contributed by atoms with Gasteiger partial charge in [-0.15, -0.1) is 0 Å². The highest BCUT2D eigenvalue weighted by atomic mass is 35.5. The molecule has 1 amide bonds. The van der Waals surface area contributed by atoms with Crippen LogP contribution < -0.4 is 5.32 Å². The predicted molar refractivity (Wildman–Crippen MR) is 87.6 cm³/mol. The third kappa shape index (κ3) is 3.67. The van der Waals surface area contributed by atoms with Crippen LogP contribution in [0.15, 0.2) is 24.3 Å². The fourth-order valence-electron chi connectivity index (χ4n) is 2.87. The van der Waals surface area contributed by atoms with E-state index in [0.717, 1.165) is 5.56 Å². The van der Waals surface area contributed by atoms with Crippen LogP contribution in [0.5, 0.6) is 0 Å². The maximum atomic E-state index is 13.0. The first-order chi connectivity index (χ1) is 10.9. The minimum Gasteiger partial charge on any atom is -0.481 e. The molecule has 1 aliphatic rings. The lowest BCUT2D eigenvalue weighted by atomic mass is 9.73. The largest absolute Gasteiger partial charge is 0.481 e. The van der Waals surface area contributed by atoms with Crippen LogP contribution in [0.4, 0.5) is 0 Å². The maximum absolute atomic E-state index is 13.0. The zero-order valence-electron chi connectivity index (χ0n) is 13.3. The Morgan fingerprint density at radius 2 is 1.87 bits per heavy atom. The Hall–Kier alpha value is -1.59. The van der Waals surface area contributed by atoms with E-state index in [1.54, 1.807) is 19.9 Å². The van der Waals surface area contributed by atoms with Crippen LogP contribution in [0.25, 0.3) is 0 Å². The van der Waals surface area contributed by atoms with Crippen LogP contribution >= 0.6 is 11.6 Å². The Balaban J connectivity index is 2.30. The normalized spacial score (nSPS) is 19.6. The number of carbonyl (C=O) groups excluding carboxylic acids is 1. The average Bonchev–Trinajstić information content (AvgIpc) is 2.54. The lowest BCUT2D eigenvalue weighted by Gasteiger charge is -2.38. The molecule has 23 heavy (non-hydrogen) atoms. The topological polar surface area (TPSA) is 75.6 Å². The zero-order chi connectivity index (χ0) is 17.0. The molecule has 1 saturated heterocycles. The summed E-state index contributed by atoms with van der Waals surface area (Å²) in [6.07, 6.45) is 1.05. The molecule has 2 rings (SSSR count). The second-order valence-electron chi connectivity index (χ2n) is 6.06. The summed E-state index contributed by atoms with van der Waals surface area (Å²) in [4.78, 5) is 24.1. The quantitative estimate of drug-likeness (QED) is 0.864. The van der Waals surface area contributed by atoms with Crippen molar-refractivity contribution >= 4 is 23.5 Å². The van der Waals surface area contributed by atoms with Crippen molar-refractivity contribution in [2.24, 2.45) is 5.92 Å². The number of nitrogens with one attached hydrogen (secondary N) is 1. The molecule has 2 N–H and O–H groups in total. The Morgan fingerprint density at radius 1 is 1.26 bits per heavy atom. The van der Waals surface area contributed by atoms with Crippen LogP contribution in [0.2, 0.25) is 5.02 Å². The third-order valence-electron chi connectivity index (χ3n) is 4.67. The van der Waals surface area contributed by atoms with Crippen LogP contribution in [0, 0.1) is 5.92 Å². The van der Waals surface area contributed by atoms with Crippen molar-refractivity contribution in [3.63, 3.8) is 0 Å². The van der Waals surface area contributed by atoms with Crippen molar-refractivity contribution in [2.45, 2.75) is 38.1 Å². The van der Waals surface area contributed by atoms with Gasteiger partial charge in [-0.25, -0.2) is 0 Å². The molecule has 6 heteroatoms. The molecule has 0 spiro atoms. The van der Waals surface area contributed by atoms with Gasteiger partial charge in [0.25, 0.3) is 0 Å². The van der Waals surface area contributed by atoms with Gasteiger partial charge in [0.1, 0.15) is 0 Å². The standard InChI is InChI=1S/C17H22ClNO4/c1-11(15(20)21)12(2)19-16(22)17(7-9-23-10-8-17)13-5-3-4-6-14(13)18/h3-6,11-12H,7-10H2,1-2H3,(H,19,22)(H,20,21). The van der Waals surface area contributed by atoms with Crippen LogP contribution in [-0.2, 0) is 19.7 Å². The molecule has 0 saturated carbocycles. The maximum Gasteiger partial charge on any atom is 0.308 e. The lowest BCUT2D eigenvalue weighted by Crippen LogP contribution is -2.52. The highest BCUT2D eigenvalue weighted by molar-refractivity contribution is 6.31. The van der Waals surface area contributed by atoms with Gasteiger partial charge in [-0.05, 0) is 38.3 Å². The van der Waals surface area contributed by atoms with Crippen LogP contribution in [-0.4, -0.2) is 36.2 Å². The molecule has 1 fully saturated rings. The monoisotopic (exact) mass is 339 g/mol. The summed E-state index contributed by atoms with van der Waals surface area (Å²) in [7, 11) is 0. The summed E-state index contributed by atoms with van der Waals surface area (Å²) in [5.74, 6) is -1.78. The number of benzene rings is 1. The number of rotatable bonds is 5. The first-order valence-corrected chi connectivity index (χ1v) is 8.13. The molecule has 2 atom stereocenters. The highest BCUT2D eigenvalue weighted by Crippen LogP contribution is 2.39. The van der Waals surface area contributed by atoms with Gasteiger partial charge in [0.15, 0.2) is 0 Å². The van der Waals surface area contributed by atoms with Crippen molar-refractivity contribution in [1.29, 1.82) is 0 Å². The summed E-state index contributed by atoms with van der Waals surface area (Å²) in [5.41, 5.74) is 0.000871. The van der Waals surface area contributed by atoms with E-state index in [2.05, 4.69) is 5.32 Å². The van der Waals surface area contributed by atoms with E-state index in [4.69, 9.17) is 21.4 Å². The molecule has 5 nitrogen and oxygen atoms in total. The number of hydrogen-bond donors (Lipinski definition) is 2. The molecule has 1 heterocycles. The van der Waals surface area contributed by atoms with Crippen molar-refractivity contribution in [1.82, 2.24) is 5.32 Å². The number of carbonyl (C=O) groups is 2. The van der Waals surface area contributed by atoms with Gasteiger partial charge in [0.2, 0.25) is 5.91 Å². The molecule has 0 radical (unpaired) electrons. The molecule has 126 valence electrons. The molecule has 1 aliphatic heterocycles. The molecule has 2 unspecified atom stereocenters. The van der Waals surface area contributed by atoms with E-state index >= 15 is 0 Å². The van der Waals surface area contributed by atoms with E-state index < -0.39 is 23.3 Å². The van der Waals surface area contributed by atoms with Gasteiger partial charge in [-0.1, -0.05) is 29.8 Å². The number of aliphatic carboxylic acids is 1. The van der Waals surface area contributed by atoms with E-state index in [0.29, 0.717) is 31.1 Å². The molecular weight excluding hydrogens is 318 g/mol. The number of amides is 1. The second-order valence-corrected chi connectivity index (χ2v) is 6.47. The van der Waals surface area contributed by atoms with E-state index in [9.17, 15) is 9.59 Å². The fourth-order valence-corrected chi connectivity index (χ4v) is 3.19. The predicted octanol–water partition coefficient (Wildman–Crippen LogP) is 2.61. The fraction of sp³-hybridized carbons (Fsp3) is 0.529. The Bertz CT molecular complexity index is 584. The minimum absolute atomic E-state index is 0.186. The van der Waals surface area contributed by atoms with Crippen molar-refractivity contribution < 1.29 is 19.4 Å². The molecule has 1 aromatic carbocycles. The molecule has 0 aliphatic carbocycles. The number of carboxylic acids is 1. The molecule has 0 aromatic heterocycles. The zero-order valence-corrected chi connectivity index (χ0v) is 14.1. The SMILES string of the molecule is CC(NC(=O)C1(c2ccccc2Cl)CCOCC1)C(C)C(=O)O. The average molecular weight is 340 g/mol. The smallest absolute Gasteiger partial charge is 0.308 e. The van der Waals surface area contributed by atoms with Gasteiger partial charge in [-0.3, -0.25) is 9.59 Å². The Labute approximate surface area is 141 Å². The van der Waals surface area contributed by atoms with Crippen LogP contribution in [0.1, 0.15) is 32.3 Å². The second kappa shape index (κ2) is 7.32. The van der Waals surface area contributed by atoms with Gasteiger partial charge in [-0.2, -0.15) is 0 Å². The first kappa shape index (κ1) is 17.8. The summed E-state index contributed by atoms with van der Waals surface area (Å²) >= 11 is 6.33. The molecular formula is C17H22ClNO4. The third-order valence-corrected chi connectivity index (χ3v) is 5.00. The highest BCUT2D eigenvalue weighted by Gasteiger charge is 2.43. The van der Waals surface area contributed by atoms with Crippen LogP contribution in [0.3, 0.4) is 0 Å². The Kier molecular flexibility index (Phi) is 5.65. The van der Waals surface area contributed by atoms with E-state index in [1.807, 2.05) is 18.2 Å². The van der Waals surface area contributed by atoms with Gasteiger partial charge in [0.05, 0.1) is 11.3 Å². The lowest BCUT2D eigenvalue weighted by molar-refractivity contribution is -0.142. The van der Waals surface area contributed by atoms with Crippen molar-refractivity contribution in [2.75, 3.05) is 13.2 Å². The summed E-state index contributed by atoms with van der Waals surface area (Å²) < 4.78 is 5.41. The Morgan fingerprint density at radius 3 is 2.43 bits per heavy atom. The molecule has 0 bridgehead atoms. The van der Waals surface area contributed by atoms with Crippen molar-refractivity contribution in [3.05, 3.63) is 34.9 Å². The molecule has 1 aromatic rings. The summed E-state index contributed by atoms with van der Waals surface area (Å²) in [6, 6.07) is 6.84. The number of ether oxygens (including phenoxy) is 1. The number of carboxylic acid groups (broad SMARTS) is 1. The summed E-state index contributed by atoms with van der Waals surface area (Å²) in [5, 5.41) is 12.5. The summed E-state index contributed by atoms with van der Waals surface area (Å²) in [6.45, 7) is 4.23. The minimum atomic E-state index is -0.934.